The number of rotatable bonds is 5. The van der Waals surface area contributed by atoms with Gasteiger partial charge in [-0.3, -0.25) is 9.59 Å². The summed E-state index contributed by atoms with van der Waals surface area (Å²) in [5, 5.41) is 5.64. The fourth-order valence-corrected chi connectivity index (χ4v) is 2.09. The molecule has 0 atom stereocenters. The van der Waals surface area contributed by atoms with E-state index in [4.69, 9.17) is 4.74 Å². The molecule has 1 fully saturated rings. The van der Waals surface area contributed by atoms with Crippen molar-refractivity contribution in [3.63, 3.8) is 0 Å². The van der Waals surface area contributed by atoms with Crippen molar-refractivity contribution < 1.29 is 23.9 Å². The minimum absolute atomic E-state index is 0.0202. The van der Waals surface area contributed by atoms with Gasteiger partial charge in [-0.2, -0.15) is 0 Å². The number of piperazine rings is 1. The summed E-state index contributed by atoms with van der Waals surface area (Å²) in [5.41, 5.74) is 0.595. The Morgan fingerprint density at radius 3 is 2.33 bits per heavy atom. The molecule has 0 unspecified atom stereocenters. The normalized spacial score (nSPS) is 13.7. The third kappa shape index (κ3) is 10.9. The first-order valence-corrected chi connectivity index (χ1v) is 8.86. The van der Waals surface area contributed by atoms with E-state index in [0.29, 0.717) is 19.6 Å². The largest absolute Gasteiger partial charge is 0.462 e. The molecule has 1 aromatic carbocycles. The molecule has 0 bridgehead atoms. The van der Waals surface area contributed by atoms with E-state index in [1.807, 2.05) is 51.1 Å². The van der Waals surface area contributed by atoms with Gasteiger partial charge >= 0.3 is 6.09 Å². The Hall–Kier alpha value is -2.61. The summed E-state index contributed by atoms with van der Waals surface area (Å²) in [5.74, 6) is -0.0804. The van der Waals surface area contributed by atoms with Crippen LogP contribution in [-0.2, 0) is 25.7 Å². The summed E-state index contributed by atoms with van der Waals surface area (Å²) in [6.07, 6.45) is -0.572. The number of carbonyl (C=O) groups excluding carboxylic acids is 3. The number of nitrogens with one attached hydrogen (secondary N) is 2. The van der Waals surface area contributed by atoms with Gasteiger partial charge in [-0.1, -0.05) is 30.3 Å². The highest BCUT2D eigenvalue weighted by Gasteiger charge is 2.16. The fourth-order valence-electron chi connectivity index (χ4n) is 2.09. The average molecular weight is 379 g/mol. The van der Waals surface area contributed by atoms with Crippen molar-refractivity contribution >= 4 is 18.5 Å². The number of hydrogen-bond acceptors (Lipinski definition) is 6. The van der Waals surface area contributed by atoms with Crippen molar-refractivity contribution in [3.8, 4) is 0 Å². The molecule has 0 radical (unpaired) electrons. The summed E-state index contributed by atoms with van der Waals surface area (Å²) >= 11 is 0. The highest BCUT2D eigenvalue weighted by Crippen LogP contribution is 2.02. The Morgan fingerprint density at radius 1 is 1.19 bits per heavy atom. The lowest BCUT2D eigenvalue weighted by Gasteiger charge is -2.27. The number of carbonyl (C=O) groups is 3. The van der Waals surface area contributed by atoms with Crippen LogP contribution in [0, 0.1) is 0 Å². The molecule has 1 aliphatic rings. The van der Waals surface area contributed by atoms with Gasteiger partial charge in [0.05, 0.1) is 0 Å². The number of benzene rings is 1. The van der Waals surface area contributed by atoms with Crippen LogP contribution in [0.1, 0.15) is 26.3 Å². The van der Waals surface area contributed by atoms with E-state index in [1.54, 1.807) is 4.90 Å². The van der Waals surface area contributed by atoms with E-state index in [9.17, 15) is 14.4 Å². The minimum atomic E-state index is -0.572. The predicted octanol–water partition coefficient (Wildman–Crippen LogP) is 1.30. The Bertz CT molecular complexity index is 581. The lowest BCUT2D eigenvalue weighted by atomic mass is 10.2. The molecule has 1 saturated heterocycles. The van der Waals surface area contributed by atoms with Gasteiger partial charge in [-0.15, -0.1) is 0 Å². The SMILES string of the molecule is CC(C)(C)OC=O.O=C(NCC(=O)N1CCNCC1)OCc1ccccc1. The highest BCUT2D eigenvalue weighted by molar-refractivity contribution is 5.82. The van der Waals surface area contributed by atoms with Crippen LogP contribution >= 0.6 is 0 Å². The van der Waals surface area contributed by atoms with Crippen LogP contribution < -0.4 is 10.6 Å². The lowest BCUT2D eigenvalue weighted by Crippen LogP contribution is -2.49. The second-order valence-corrected chi connectivity index (χ2v) is 6.87. The van der Waals surface area contributed by atoms with E-state index in [1.165, 1.54) is 0 Å². The van der Waals surface area contributed by atoms with Crippen molar-refractivity contribution in [1.82, 2.24) is 15.5 Å². The molecule has 2 amide bonds. The Kier molecular flexibility index (Phi) is 9.89. The van der Waals surface area contributed by atoms with Crippen LogP contribution in [0.5, 0.6) is 0 Å². The van der Waals surface area contributed by atoms with Gasteiger partial charge in [0.2, 0.25) is 5.91 Å². The standard InChI is InChI=1S/C14H19N3O3.C5H10O2/c18-13(17-8-6-15-7-9-17)10-16-14(19)20-11-12-4-2-1-3-5-12;1-5(2,3)7-4-6/h1-5,15H,6-11H2,(H,16,19);4H,1-3H3. The van der Waals surface area contributed by atoms with Gasteiger partial charge in [0.15, 0.2) is 0 Å². The first kappa shape index (κ1) is 22.4. The molecule has 8 nitrogen and oxygen atoms in total. The molecule has 150 valence electrons. The van der Waals surface area contributed by atoms with Crippen LogP contribution in [0.4, 0.5) is 4.79 Å². The number of ether oxygens (including phenoxy) is 2. The molecule has 0 aliphatic carbocycles. The summed E-state index contributed by atoms with van der Waals surface area (Å²) in [6, 6.07) is 9.41. The summed E-state index contributed by atoms with van der Waals surface area (Å²) in [6.45, 7) is 9.06. The van der Waals surface area contributed by atoms with Crippen molar-refractivity contribution in [2.75, 3.05) is 32.7 Å². The molecule has 2 rings (SSSR count). The number of nitrogens with zero attached hydrogens (tertiary/aromatic N) is 1. The monoisotopic (exact) mass is 379 g/mol. The van der Waals surface area contributed by atoms with Crippen molar-refractivity contribution in [2.45, 2.75) is 33.0 Å². The third-order valence-corrected chi connectivity index (χ3v) is 3.47. The van der Waals surface area contributed by atoms with Crippen LogP contribution in [0.3, 0.4) is 0 Å². The lowest BCUT2D eigenvalue weighted by molar-refractivity contribution is -0.138. The molecule has 0 aromatic heterocycles. The second kappa shape index (κ2) is 11.9. The van der Waals surface area contributed by atoms with Gasteiger partial charge in [-0.05, 0) is 26.3 Å². The Morgan fingerprint density at radius 2 is 1.81 bits per heavy atom. The Balaban J connectivity index is 0.000000445. The van der Waals surface area contributed by atoms with E-state index < -0.39 is 6.09 Å². The summed E-state index contributed by atoms with van der Waals surface area (Å²) in [7, 11) is 0. The maximum absolute atomic E-state index is 11.8. The molecule has 2 N–H and O–H groups in total. The third-order valence-electron chi connectivity index (χ3n) is 3.47. The zero-order valence-corrected chi connectivity index (χ0v) is 16.2. The first-order valence-electron chi connectivity index (χ1n) is 8.86. The van der Waals surface area contributed by atoms with Crippen molar-refractivity contribution in [2.24, 2.45) is 0 Å². The Labute approximate surface area is 160 Å². The maximum atomic E-state index is 11.8. The molecule has 8 heteroatoms. The summed E-state index contributed by atoms with van der Waals surface area (Å²) in [4.78, 5) is 34.6. The zero-order valence-electron chi connectivity index (χ0n) is 16.2. The molecule has 0 spiro atoms. The van der Waals surface area contributed by atoms with Gasteiger partial charge < -0.3 is 25.0 Å². The first-order chi connectivity index (χ1) is 12.8. The van der Waals surface area contributed by atoms with Crippen LogP contribution in [0.2, 0.25) is 0 Å². The molecule has 0 saturated carbocycles. The maximum Gasteiger partial charge on any atom is 0.407 e. The fraction of sp³-hybridized carbons (Fsp3) is 0.526. The number of hydrogen-bond donors (Lipinski definition) is 2. The number of alkyl carbamates (subject to hydrolysis) is 1. The highest BCUT2D eigenvalue weighted by atomic mass is 16.5. The molecule has 1 aromatic rings. The second-order valence-electron chi connectivity index (χ2n) is 6.87. The molecule has 27 heavy (non-hydrogen) atoms. The van der Waals surface area contributed by atoms with Crippen LogP contribution in [0.25, 0.3) is 0 Å². The van der Waals surface area contributed by atoms with E-state index in [2.05, 4.69) is 15.4 Å². The smallest absolute Gasteiger partial charge is 0.407 e. The van der Waals surface area contributed by atoms with E-state index in [-0.39, 0.29) is 24.7 Å². The van der Waals surface area contributed by atoms with Crippen molar-refractivity contribution in [1.29, 1.82) is 0 Å². The van der Waals surface area contributed by atoms with Gasteiger partial charge in [-0.25, -0.2) is 4.79 Å². The zero-order chi connectivity index (χ0) is 20.1. The molecular formula is C19H29N3O5. The quantitative estimate of drug-likeness (QED) is 0.749. The molecule has 1 aliphatic heterocycles. The predicted molar refractivity (Wildman–Crippen MR) is 101 cm³/mol. The van der Waals surface area contributed by atoms with E-state index in [0.717, 1.165) is 18.7 Å². The topological polar surface area (TPSA) is 97.0 Å². The van der Waals surface area contributed by atoms with Crippen LogP contribution in [-0.4, -0.2) is 61.7 Å². The van der Waals surface area contributed by atoms with Gasteiger partial charge in [0.25, 0.3) is 6.47 Å². The molecular weight excluding hydrogens is 350 g/mol. The average Bonchev–Trinajstić information content (AvgIpc) is 2.65. The minimum Gasteiger partial charge on any atom is -0.462 e. The van der Waals surface area contributed by atoms with Gasteiger partial charge in [0, 0.05) is 26.2 Å². The van der Waals surface area contributed by atoms with Gasteiger partial charge in [0.1, 0.15) is 18.8 Å². The van der Waals surface area contributed by atoms with Crippen molar-refractivity contribution in [3.05, 3.63) is 35.9 Å². The van der Waals surface area contributed by atoms with E-state index >= 15 is 0 Å². The van der Waals surface area contributed by atoms with Crippen LogP contribution in [0.15, 0.2) is 30.3 Å². The number of amides is 2. The summed E-state index contributed by atoms with van der Waals surface area (Å²) < 4.78 is 9.58. The molecule has 1 heterocycles.